The van der Waals surface area contributed by atoms with Crippen LogP contribution < -0.4 is 10.5 Å². The number of ether oxygens (including phenoxy) is 2. The van der Waals surface area contributed by atoms with E-state index in [2.05, 4.69) is 32.0 Å². The molecule has 0 radical (unpaired) electrons. The first-order valence-corrected chi connectivity index (χ1v) is 11.5. The van der Waals surface area contributed by atoms with E-state index in [4.69, 9.17) is 27.4 Å². The Labute approximate surface area is 202 Å². The summed E-state index contributed by atoms with van der Waals surface area (Å²) in [6.07, 6.45) is 1.60. The number of nitrogens with two attached hydrogens (primary N) is 1. The van der Waals surface area contributed by atoms with Crippen LogP contribution in [0.4, 0.5) is 0 Å². The number of aryl methyl sites for hydroxylation is 3. The van der Waals surface area contributed by atoms with Crippen LogP contribution in [0.1, 0.15) is 55.9 Å². The minimum atomic E-state index is -0.657. The van der Waals surface area contributed by atoms with E-state index in [9.17, 15) is 9.90 Å². The normalized spacial score (nSPS) is 12.2. The molecule has 0 amide bonds. The van der Waals surface area contributed by atoms with E-state index < -0.39 is 11.6 Å². The van der Waals surface area contributed by atoms with Crippen molar-refractivity contribution in [3.05, 3.63) is 58.7 Å². The molecule has 180 valence electrons. The standard InChI is InChI=1S/C26H36N2O4S/c1-17-10-11-19(14-18(17)2)8-7-9-23(32-24(30)26(3,4)5)28(25(27)33)16-20-12-13-21(29)22(15-20)31-6/h10-15,23,29H,7-9,16H2,1-6H3,(H2,27,33). The van der Waals surface area contributed by atoms with E-state index in [1.54, 1.807) is 23.1 Å². The van der Waals surface area contributed by atoms with Crippen molar-refractivity contribution in [3.8, 4) is 11.5 Å². The summed E-state index contributed by atoms with van der Waals surface area (Å²) in [6, 6.07) is 11.5. The minimum Gasteiger partial charge on any atom is -0.504 e. The lowest BCUT2D eigenvalue weighted by Crippen LogP contribution is -2.46. The number of esters is 1. The molecule has 0 aromatic heterocycles. The molecular weight excluding hydrogens is 436 g/mol. The lowest BCUT2D eigenvalue weighted by molar-refractivity contribution is -0.166. The van der Waals surface area contributed by atoms with Gasteiger partial charge in [-0.2, -0.15) is 0 Å². The Kier molecular flexibility index (Phi) is 9.11. The Morgan fingerprint density at radius 2 is 1.79 bits per heavy atom. The highest BCUT2D eigenvalue weighted by Crippen LogP contribution is 2.28. The SMILES string of the molecule is COc1cc(CN(C(N)=S)C(CCCc2ccc(C)c(C)c2)OC(=O)C(C)(C)C)ccc1O. The molecule has 0 fully saturated rings. The number of phenols is 1. The monoisotopic (exact) mass is 472 g/mol. The summed E-state index contributed by atoms with van der Waals surface area (Å²) < 4.78 is 11.1. The third-order valence-electron chi connectivity index (χ3n) is 5.57. The predicted octanol–water partition coefficient (Wildman–Crippen LogP) is 5.00. The summed E-state index contributed by atoms with van der Waals surface area (Å²) in [5.74, 6) is 0.0869. The molecule has 2 aromatic rings. The van der Waals surface area contributed by atoms with Crippen LogP contribution in [0.3, 0.4) is 0 Å². The lowest BCUT2D eigenvalue weighted by atomic mass is 9.97. The molecule has 3 N–H and O–H groups in total. The second-order valence-electron chi connectivity index (χ2n) is 9.39. The summed E-state index contributed by atoms with van der Waals surface area (Å²) in [4.78, 5) is 14.4. The fraction of sp³-hybridized carbons (Fsp3) is 0.462. The number of thiocarbonyl (C=S) groups is 1. The average molecular weight is 473 g/mol. The van der Waals surface area contributed by atoms with Crippen LogP contribution in [0, 0.1) is 19.3 Å². The third kappa shape index (κ3) is 7.63. The fourth-order valence-corrected chi connectivity index (χ4v) is 3.54. The van der Waals surface area contributed by atoms with Gasteiger partial charge in [-0.3, -0.25) is 4.79 Å². The number of aromatic hydroxyl groups is 1. The van der Waals surface area contributed by atoms with Crippen LogP contribution in [-0.4, -0.2) is 34.4 Å². The summed E-state index contributed by atoms with van der Waals surface area (Å²) in [5, 5.41) is 10.0. The summed E-state index contributed by atoms with van der Waals surface area (Å²) in [6.45, 7) is 9.97. The van der Waals surface area contributed by atoms with E-state index in [-0.39, 0.29) is 16.8 Å². The Bertz CT molecular complexity index is 985. The molecule has 6 nitrogen and oxygen atoms in total. The van der Waals surface area contributed by atoms with Crippen LogP contribution >= 0.6 is 12.2 Å². The van der Waals surface area contributed by atoms with Gasteiger partial charge >= 0.3 is 5.97 Å². The zero-order chi connectivity index (χ0) is 24.8. The van der Waals surface area contributed by atoms with Crippen LogP contribution in [0.5, 0.6) is 11.5 Å². The van der Waals surface area contributed by atoms with E-state index in [0.29, 0.717) is 18.7 Å². The molecule has 0 aliphatic carbocycles. The molecule has 0 bridgehead atoms. The molecule has 0 aliphatic heterocycles. The van der Waals surface area contributed by atoms with Gasteiger partial charge in [-0.25, -0.2) is 0 Å². The molecule has 33 heavy (non-hydrogen) atoms. The highest BCUT2D eigenvalue weighted by Gasteiger charge is 2.30. The number of hydrogen-bond donors (Lipinski definition) is 2. The van der Waals surface area contributed by atoms with Gasteiger partial charge in [0.2, 0.25) is 0 Å². The lowest BCUT2D eigenvalue weighted by Gasteiger charge is -2.33. The Hall–Kier alpha value is -2.80. The first kappa shape index (κ1) is 26.5. The van der Waals surface area contributed by atoms with Crippen molar-refractivity contribution in [2.75, 3.05) is 7.11 Å². The largest absolute Gasteiger partial charge is 0.504 e. The maximum atomic E-state index is 12.7. The molecule has 0 spiro atoms. The number of benzene rings is 2. The number of methoxy groups -OCH3 is 1. The number of carbonyl (C=O) groups excluding carboxylic acids is 1. The second kappa shape index (κ2) is 11.4. The van der Waals surface area contributed by atoms with Gasteiger partial charge in [0.05, 0.1) is 12.5 Å². The van der Waals surface area contributed by atoms with Gasteiger partial charge in [0.25, 0.3) is 0 Å². The molecule has 1 unspecified atom stereocenters. The first-order valence-electron chi connectivity index (χ1n) is 11.1. The number of phenolic OH excluding ortho intramolecular Hbond substituents is 1. The van der Waals surface area contributed by atoms with Crippen molar-refractivity contribution in [3.63, 3.8) is 0 Å². The highest BCUT2D eigenvalue weighted by atomic mass is 32.1. The molecule has 1 atom stereocenters. The van der Waals surface area contributed by atoms with Crippen molar-refractivity contribution < 1.29 is 19.4 Å². The topological polar surface area (TPSA) is 85.0 Å². The van der Waals surface area contributed by atoms with Crippen molar-refractivity contribution in [2.45, 2.75) is 66.7 Å². The van der Waals surface area contributed by atoms with Gasteiger partial charge in [-0.05, 0) is 94.1 Å². The number of hydrogen-bond acceptors (Lipinski definition) is 5. The van der Waals surface area contributed by atoms with Gasteiger partial charge in [-0.1, -0.05) is 24.3 Å². The van der Waals surface area contributed by atoms with E-state index >= 15 is 0 Å². The van der Waals surface area contributed by atoms with Gasteiger partial charge in [0.1, 0.15) is 0 Å². The Morgan fingerprint density at radius 1 is 1.12 bits per heavy atom. The number of carbonyl (C=O) groups is 1. The highest BCUT2D eigenvalue weighted by molar-refractivity contribution is 7.80. The summed E-state index contributed by atoms with van der Waals surface area (Å²) in [7, 11) is 1.49. The van der Waals surface area contributed by atoms with Crippen LogP contribution in [-0.2, 0) is 22.5 Å². The quantitative estimate of drug-likeness (QED) is 0.302. The number of rotatable bonds is 9. The molecule has 0 saturated carbocycles. The van der Waals surface area contributed by atoms with Gasteiger partial charge in [0.15, 0.2) is 22.8 Å². The molecule has 0 saturated heterocycles. The smallest absolute Gasteiger partial charge is 0.313 e. The predicted molar refractivity (Wildman–Crippen MR) is 135 cm³/mol. The molecule has 2 aromatic carbocycles. The van der Waals surface area contributed by atoms with Gasteiger partial charge in [-0.15, -0.1) is 0 Å². The maximum Gasteiger partial charge on any atom is 0.313 e. The van der Waals surface area contributed by atoms with Crippen molar-refractivity contribution in [1.29, 1.82) is 0 Å². The van der Waals surface area contributed by atoms with E-state index in [1.165, 1.54) is 23.8 Å². The molecule has 0 aliphatic rings. The van der Waals surface area contributed by atoms with Gasteiger partial charge in [0, 0.05) is 13.0 Å². The Balaban J connectivity index is 2.23. The van der Waals surface area contributed by atoms with E-state index in [0.717, 1.165) is 18.4 Å². The van der Waals surface area contributed by atoms with Crippen LogP contribution in [0.15, 0.2) is 36.4 Å². The summed E-state index contributed by atoms with van der Waals surface area (Å²) in [5.41, 5.74) is 10.0. The molecule has 7 heteroatoms. The average Bonchev–Trinajstić information content (AvgIpc) is 2.74. The fourth-order valence-electron chi connectivity index (χ4n) is 3.36. The maximum absolute atomic E-state index is 12.7. The van der Waals surface area contributed by atoms with Crippen LogP contribution in [0.2, 0.25) is 0 Å². The van der Waals surface area contributed by atoms with E-state index in [1.807, 2.05) is 20.8 Å². The second-order valence-corrected chi connectivity index (χ2v) is 9.81. The van der Waals surface area contributed by atoms with Crippen molar-refractivity contribution in [1.82, 2.24) is 4.90 Å². The van der Waals surface area contributed by atoms with Crippen molar-refractivity contribution >= 4 is 23.3 Å². The first-order chi connectivity index (χ1) is 15.4. The molecule has 2 rings (SSSR count). The molecule has 0 heterocycles. The zero-order valence-corrected chi connectivity index (χ0v) is 21.3. The third-order valence-corrected chi connectivity index (χ3v) is 5.81. The minimum absolute atomic E-state index is 0.0484. The van der Waals surface area contributed by atoms with Gasteiger partial charge < -0.3 is 25.2 Å². The Morgan fingerprint density at radius 3 is 2.36 bits per heavy atom. The summed E-state index contributed by atoms with van der Waals surface area (Å²) >= 11 is 5.33. The van der Waals surface area contributed by atoms with Crippen molar-refractivity contribution in [2.24, 2.45) is 11.1 Å². The molecular formula is C26H36N2O4S. The number of nitrogens with zero attached hydrogens (tertiary/aromatic N) is 1. The zero-order valence-electron chi connectivity index (χ0n) is 20.5. The van der Waals surface area contributed by atoms with Crippen LogP contribution in [0.25, 0.3) is 0 Å².